The fourth-order valence-corrected chi connectivity index (χ4v) is 5.18. The van der Waals surface area contributed by atoms with Crippen LogP contribution in [-0.2, 0) is 33.5 Å². The lowest BCUT2D eigenvalue weighted by atomic mass is 10.2. The summed E-state index contributed by atoms with van der Waals surface area (Å²) in [7, 11) is -3.40. The second-order valence-corrected chi connectivity index (χ2v) is 8.61. The number of carbonyl (C=O) groups is 1. The number of benzene rings is 1. The number of amides is 1. The average Bonchev–Trinajstić information content (AvgIpc) is 2.96. The molecule has 0 aliphatic carbocycles. The summed E-state index contributed by atoms with van der Waals surface area (Å²) >= 11 is 1.29. The smallest absolute Gasteiger partial charge is 0.413 e. The minimum Gasteiger partial charge on any atom is -0.450 e. The average molecular weight is 381 g/mol. The third-order valence-corrected chi connectivity index (χ3v) is 6.56. The molecule has 0 atom stereocenters. The van der Waals surface area contributed by atoms with E-state index in [1.54, 1.807) is 19.1 Å². The van der Waals surface area contributed by atoms with Crippen molar-refractivity contribution in [3.8, 4) is 0 Å². The van der Waals surface area contributed by atoms with Crippen molar-refractivity contribution in [2.75, 3.05) is 18.5 Å². The van der Waals surface area contributed by atoms with Crippen molar-refractivity contribution < 1.29 is 17.9 Å². The van der Waals surface area contributed by atoms with Crippen LogP contribution >= 0.6 is 11.3 Å². The maximum Gasteiger partial charge on any atom is 0.413 e. The molecule has 3 rings (SSSR count). The molecule has 1 aliphatic rings. The Hall–Kier alpha value is -1.97. The predicted molar refractivity (Wildman–Crippen MR) is 95.9 cm³/mol. The molecule has 9 heteroatoms. The molecule has 0 unspecified atom stereocenters. The van der Waals surface area contributed by atoms with Crippen LogP contribution < -0.4 is 5.32 Å². The van der Waals surface area contributed by atoms with Crippen LogP contribution in [-0.4, -0.2) is 37.0 Å². The zero-order valence-corrected chi connectivity index (χ0v) is 15.4. The molecule has 0 radical (unpaired) electrons. The number of hydrogen-bond donors (Lipinski definition) is 1. The molecule has 1 aromatic heterocycles. The first-order valence-electron chi connectivity index (χ1n) is 7.92. The van der Waals surface area contributed by atoms with Gasteiger partial charge in [0.1, 0.15) is 0 Å². The van der Waals surface area contributed by atoms with Gasteiger partial charge in [-0.25, -0.2) is 18.2 Å². The number of carbonyl (C=O) groups excluding carboxylic acids is 1. The summed E-state index contributed by atoms with van der Waals surface area (Å²) in [6.07, 6.45) is -0.0215. The Labute approximate surface area is 150 Å². The van der Waals surface area contributed by atoms with Crippen molar-refractivity contribution >= 4 is 32.6 Å². The van der Waals surface area contributed by atoms with E-state index >= 15 is 0 Å². The molecule has 0 fully saturated rings. The van der Waals surface area contributed by atoms with Crippen molar-refractivity contribution in [2.24, 2.45) is 0 Å². The second-order valence-electron chi connectivity index (χ2n) is 5.56. The van der Waals surface area contributed by atoms with Gasteiger partial charge in [0, 0.05) is 24.4 Å². The van der Waals surface area contributed by atoms with Gasteiger partial charge in [0.25, 0.3) is 0 Å². The molecular weight excluding hydrogens is 362 g/mol. The van der Waals surface area contributed by atoms with Gasteiger partial charge in [0.15, 0.2) is 5.13 Å². The minimum absolute atomic E-state index is 0.0179. The predicted octanol–water partition coefficient (Wildman–Crippen LogP) is 2.60. The Morgan fingerprint density at radius 2 is 2.12 bits per heavy atom. The van der Waals surface area contributed by atoms with E-state index in [1.165, 1.54) is 15.6 Å². The molecule has 2 heterocycles. The van der Waals surface area contributed by atoms with Crippen molar-refractivity contribution in [3.05, 3.63) is 46.5 Å². The lowest BCUT2D eigenvalue weighted by Crippen LogP contribution is -2.36. The van der Waals surface area contributed by atoms with Crippen molar-refractivity contribution in [2.45, 2.75) is 25.6 Å². The fraction of sp³-hybridized carbons (Fsp3) is 0.375. The summed E-state index contributed by atoms with van der Waals surface area (Å²) in [5.74, 6) is -0.0179. The van der Waals surface area contributed by atoms with Gasteiger partial charge in [-0.2, -0.15) is 4.31 Å². The van der Waals surface area contributed by atoms with Crippen LogP contribution in [0.2, 0.25) is 0 Å². The highest BCUT2D eigenvalue weighted by molar-refractivity contribution is 7.88. The maximum atomic E-state index is 12.7. The molecule has 2 aromatic rings. The van der Waals surface area contributed by atoms with E-state index < -0.39 is 16.1 Å². The van der Waals surface area contributed by atoms with Crippen molar-refractivity contribution in [1.29, 1.82) is 0 Å². The highest BCUT2D eigenvalue weighted by Crippen LogP contribution is 2.30. The molecule has 0 saturated heterocycles. The largest absolute Gasteiger partial charge is 0.450 e. The highest BCUT2D eigenvalue weighted by atomic mass is 32.2. The second kappa shape index (κ2) is 7.51. The Balaban J connectivity index is 1.70. The maximum absolute atomic E-state index is 12.7. The van der Waals surface area contributed by atoms with Crippen LogP contribution in [0.5, 0.6) is 0 Å². The normalized spacial score (nSPS) is 14.8. The number of fused-ring (bicyclic) bond motifs is 1. The molecule has 7 nitrogen and oxygen atoms in total. The highest BCUT2D eigenvalue weighted by Gasteiger charge is 2.29. The van der Waals surface area contributed by atoms with Crippen LogP contribution in [0.15, 0.2) is 30.3 Å². The monoisotopic (exact) mass is 381 g/mol. The Morgan fingerprint density at radius 1 is 1.36 bits per heavy atom. The van der Waals surface area contributed by atoms with E-state index in [-0.39, 0.29) is 18.9 Å². The first-order chi connectivity index (χ1) is 12.0. The summed E-state index contributed by atoms with van der Waals surface area (Å²) in [5.41, 5.74) is 1.60. The van der Waals surface area contributed by atoms with Crippen molar-refractivity contribution in [3.63, 3.8) is 0 Å². The molecule has 0 spiro atoms. The van der Waals surface area contributed by atoms with E-state index in [0.29, 0.717) is 18.1 Å². The number of nitrogens with one attached hydrogen (secondary N) is 1. The summed E-state index contributed by atoms with van der Waals surface area (Å²) in [5, 5.41) is 3.01. The molecule has 1 aromatic carbocycles. The van der Waals surface area contributed by atoms with Gasteiger partial charge in [-0.15, -0.1) is 0 Å². The standard InChI is InChI=1S/C16H19N3O4S2/c1-2-23-16(20)18-15-17-13-8-9-19(10-14(13)24-15)25(21,22)11-12-6-4-3-5-7-12/h3-7H,2,8-11H2,1H3,(H,17,18,20). The SMILES string of the molecule is CCOC(=O)Nc1nc2c(s1)CN(S(=O)(=O)Cc1ccccc1)CC2. The summed E-state index contributed by atoms with van der Waals surface area (Å²) in [6, 6.07) is 9.13. The zero-order valence-electron chi connectivity index (χ0n) is 13.8. The number of thiazole rings is 1. The van der Waals surface area contributed by atoms with Crippen LogP contribution in [0.25, 0.3) is 0 Å². The summed E-state index contributed by atoms with van der Waals surface area (Å²) in [6.45, 7) is 2.68. The minimum atomic E-state index is -3.40. The molecule has 134 valence electrons. The molecule has 0 saturated carbocycles. The lowest BCUT2D eigenvalue weighted by molar-refractivity contribution is 0.168. The molecule has 1 aliphatic heterocycles. The summed E-state index contributed by atoms with van der Waals surface area (Å²) in [4.78, 5) is 16.7. The molecular formula is C16H19N3O4S2. The van der Waals surface area contributed by atoms with Gasteiger partial charge in [-0.3, -0.25) is 5.32 Å². The van der Waals surface area contributed by atoms with E-state index in [2.05, 4.69) is 10.3 Å². The first kappa shape index (κ1) is 17.8. The molecule has 25 heavy (non-hydrogen) atoms. The number of rotatable bonds is 5. The molecule has 1 N–H and O–H groups in total. The van der Waals surface area contributed by atoms with Crippen LogP contribution in [0, 0.1) is 0 Å². The van der Waals surface area contributed by atoms with Crippen LogP contribution in [0.1, 0.15) is 23.1 Å². The number of nitrogens with zero attached hydrogens (tertiary/aromatic N) is 2. The number of anilines is 1. The Bertz CT molecular complexity index is 850. The van der Waals surface area contributed by atoms with E-state index in [1.807, 2.05) is 18.2 Å². The first-order valence-corrected chi connectivity index (χ1v) is 10.3. The molecule has 0 bridgehead atoms. The van der Waals surface area contributed by atoms with E-state index in [4.69, 9.17) is 4.74 Å². The van der Waals surface area contributed by atoms with Crippen LogP contribution in [0.4, 0.5) is 9.93 Å². The van der Waals surface area contributed by atoms with Gasteiger partial charge in [0.2, 0.25) is 10.0 Å². The van der Waals surface area contributed by atoms with E-state index in [0.717, 1.165) is 16.1 Å². The number of hydrogen-bond acceptors (Lipinski definition) is 6. The van der Waals surface area contributed by atoms with Gasteiger partial charge < -0.3 is 4.74 Å². The number of ether oxygens (including phenoxy) is 1. The number of aromatic nitrogens is 1. The zero-order chi connectivity index (χ0) is 17.9. The lowest BCUT2D eigenvalue weighted by Gasteiger charge is -2.25. The third kappa shape index (κ3) is 4.36. The van der Waals surface area contributed by atoms with Crippen LogP contribution in [0.3, 0.4) is 0 Å². The van der Waals surface area contributed by atoms with Gasteiger partial charge in [0.05, 0.1) is 18.1 Å². The van der Waals surface area contributed by atoms with Gasteiger partial charge in [-0.1, -0.05) is 41.7 Å². The quantitative estimate of drug-likeness (QED) is 0.860. The fourth-order valence-electron chi connectivity index (χ4n) is 2.59. The van der Waals surface area contributed by atoms with Gasteiger partial charge in [-0.05, 0) is 12.5 Å². The Morgan fingerprint density at radius 3 is 2.84 bits per heavy atom. The summed E-state index contributed by atoms with van der Waals surface area (Å²) < 4.78 is 31.6. The van der Waals surface area contributed by atoms with Crippen molar-refractivity contribution in [1.82, 2.24) is 9.29 Å². The molecule has 1 amide bonds. The Kier molecular flexibility index (Phi) is 5.36. The van der Waals surface area contributed by atoms with E-state index in [9.17, 15) is 13.2 Å². The number of sulfonamides is 1. The topological polar surface area (TPSA) is 88.6 Å². The third-order valence-electron chi connectivity index (χ3n) is 3.77. The van der Waals surface area contributed by atoms with Gasteiger partial charge >= 0.3 is 6.09 Å².